The molecule has 0 aliphatic heterocycles. The summed E-state index contributed by atoms with van der Waals surface area (Å²) in [7, 11) is 0. The monoisotopic (exact) mass is 524 g/mol. The number of phenolic OH excluding ortho intramolecular Hbond substituents is 1. The molecule has 1 aromatic rings. The molecule has 0 spiro atoms. The van der Waals surface area contributed by atoms with Crippen LogP contribution in [0.2, 0.25) is 0 Å². The summed E-state index contributed by atoms with van der Waals surface area (Å²) in [5.74, 6) is -2.75. The zero-order valence-electron chi connectivity index (χ0n) is 21.6. The average molecular weight is 525 g/mol. The molecule has 10 nitrogen and oxygen atoms in total. The highest BCUT2D eigenvalue weighted by Crippen LogP contribution is 2.14. The molecule has 202 valence electrons. The summed E-state index contributed by atoms with van der Waals surface area (Å²) in [6, 6.07) is 2.17. The van der Waals surface area contributed by atoms with E-state index in [9.17, 15) is 29.4 Å². The van der Waals surface area contributed by atoms with Gasteiger partial charge in [-0.2, -0.15) is 11.8 Å². The first-order chi connectivity index (χ1) is 16.9. The van der Waals surface area contributed by atoms with Crippen molar-refractivity contribution in [1.29, 1.82) is 0 Å². The van der Waals surface area contributed by atoms with Gasteiger partial charge in [0, 0.05) is 6.42 Å². The molecule has 0 fully saturated rings. The number of amides is 3. The van der Waals surface area contributed by atoms with E-state index in [1.54, 1.807) is 44.7 Å². The van der Waals surface area contributed by atoms with E-state index >= 15 is 0 Å². The fraction of sp³-hybridized carbons (Fsp3) is 0.600. The predicted octanol–water partition coefficient (Wildman–Crippen LogP) is 1.26. The van der Waals surface area contributed by atoms with Crippen molar-refractivity contribution in [1.82, 2.24) is 16.0 Å². The molecule has 0 saturated heterocycles. The van der Waals surface area contributed by atoms with Gasteiger partial charge in [0.1, 0.15) is 23.9 Å². The fourth-order valence-corrected chi connectivity index (χ4v) is 3.94. The maximum atomic E-state index is 13.2. The number of carbonyl (C=O) groups excluding carboxylic acids is 3. The number of benzene rings is 1. The van der Waals surface area contributed by atoms with Crippen LogP contribution in [0.5, 0.6) is 5.75 Å². The van der Waals surface area contributed by atoms with E-state index in [1.165, 1.54) is 12.1 Å². The van der Waals surface area contributed by atoms with Crippen LogP contribution in [0.3, 0.4) is 0 Å². The van der Waals surface area contributed by atoms with Crippen molar-refractivity contribution in [3.63, 3.8) is 0 Å². The van der Waals surface area contributed by atoms with Crippen molar-refractivity contribution >= 4 is 35.5 Å². The molecule has 0 radical (unpaired) electrons. The zero-order valence-corrected chi connectivity index (χ0v) is 22.4. The Labute approximate surface area is 217 Å². The summed E-state index contributed by atoms with van der Waals surface area (Å²) in [6.07, 6.45) is 2.95. The predicted molar refractivity (Wildman–Crippen MR) is 141 cm³/mol. The maximum absolute atomic E-state index is 13.2. The van der Waals surface area contributed by atoms with Gasteiger partial charge < -0.3 is 31.9 Å². The maximum Gasteiger partial charge on any atom is 0.326 e. The number of carboxylic acids is 1. The second-order valence-electron chi connectivity index (χ2n) is 9.26. The third-order valence-corrected chi connectivity index (χ3v) is 6.65. The molecule has 0 aliphatic rings. The molecule has 0 aliphatic carbocycles. The van der Waals surface area contributed by atoms with E-state index in [0.29, 0.717) is 24.2 Å². The highest BCUT2D eigenvalue weighted by atomic mass is 32.2. The number of rotatable bonds is 15. The van der Waals surface area contributed by atoms with Crippen LogP contribution < -0.4 is 21.7 Å². The van der Waals surface area contributed by atoms with Crippen LogP contribution in [0.15, 0.2) is 24.3 Å². The van der Waals surface area contributed by atoms with Gasteiger partial charge in [0.05, 0.1) is 6.04 Å². The summed E-state index contributed by atoms with van der Waals surface area (Å²) >= 11 is 1.56. The Bertz CT molecular complexity index is 880. The Balaban J connectivity index is 3.13. The van der Waals surface area contributed by atoms with Crippen LogP contribution in [0, 0.1) is 11.8 Å². The van der Waals surface area contributed by atoms with Gasteiger partial charge in [0.2, 0.25) is 17.7 Å². The van der Waals surface area contributed by atoms with Gasteiger partial charge in [-0.3, -0.25) is 14.4 Å². The number of hydrogen-bond acceptors (Lipinski definition) is 7. The highest BCUT2D eigenvalue weighted by Gasteiger charge is 2.33. The van der Waals surface area contributed by atoms with Crippen LogP contribution in [-0.4, -0.2) is 70.1 Å². The number of carboxylic acid groups (broad SMARTS) is 1. The lowest BCUT2D eigenvalue weighted by Gasteiger charge is -2.28. The molecule has 7 N–H and O–H groups in total. The van der Waals surface area contributed by atoms with Crippen LogP contribution in [0.4, 0.5) is 0 Å². The number of hydrogen-bond donors (Lipinski definition) is 6. The van der Waals surface area contributed by atoms with Crippen molar-refractivity contribution in [2.24, 2.45) is 17.6 Å². The summed E-state index contributed by atoms with van der Waals surface area (Å²) in [4.78, 5) is 50.7. The number of thioether (sulfide) groups is 1. The Morgan fingerprint density at radius 1 is 0.944 bits per heavy atom. The summed E-state index contributed by atoms with van der Waals surface area (Å²) < 4.78 is 0. The van der Waals surface area contributed by atoms with Gasteiger partial charge in [-0.15, -0.1) is 0 Å². The minimum absolute atomic E-state index is 0.0481. The molecular formula is C25H40N4O6S. The molecule has 0 bridgehead atoms. The minimum Gasteiger partial charge on any atom is -0.508 e. The van der Waals surface area contributed by atoms with Crippen molar-refractivity contribution < 1.29 is 29.4 Å². The number of aliphatic carboxylic acids is 1. The van der Waals surface area contributed by atoms with E-state index in [-0.39, 0.29) is 24.0 Å². The summed E-state index contributed by atoms with van der Waals surface area (Å²) in [6.45, 7) is 7.06. The number of nitrogens with two attached hydrogens (primary N) is 1. The third kappa shape index (κ3) is 10.1. The lowest BCUT2D eigenvalue weighted by atomic mass is 9.97. The van der Waals surface area contributed by atoms with E-state index < -0.39 is 47.9 Å². The summed E-state index contributed by atoms with van der Waals surface area (Å²) in [5, 5.41) is 27.1. The number of phenols is 1. The van der Waals surface area contributed by atoms with Gasteiger partial charge in [-0.05, 0) is 48.0 Å². The average Bonchev–Trinajstić information content (AvgIpc) is 2.83. The van der Waals surface area contributed by atoms with E-state index in [2.05, 4.69) is 16.0 Å². The summed E-state index contributed by atoms with van der Waals surface area (Å²) in [5.41, 5.74) is 6.59. The van der Waals surface area contributed by atoms with Crippen LogP contribution in [0.1, 0.15) is 46.1 Å². The highest BCUT2D eigenvalue weighted by molar-refractivity contribution is 7.98. The molecule has 36 heavy (non-hydrogen) atoms. The van der Waals surface area contributed by atoms with Crippen LogP contribution in [0.25, 0.3) is 0 Å². The normalized spacial score (nSPS) is 15.3. The molecular weight excluding hydrogens is 484 g/mol. The molecule has 3 amide bonds. The molecule has 0 aromatic heterocycles. The van der Waals surface area contributed by atoms with Gasteiger partial charge >= 0.3 is 5.97 Å². The first-order valence-electron chi connectivity index (χ1n) is 12.1. The molecule has 1 aromatic carbocycles. The lowest BCUT2D eigenvalue weighted by molar-refractivity contribution is -0.143. The number of carbonyl (C=O) groups is 4. The third-order valence-electron chi connectivity index (χ3n) is 6.00. The second kappa shape index (κ2) is 15.4. The molecule has 1 rings (SSSR count). The number of aromatic hydroxyl groups is 1. The standard InChI is InChI=1S/C25H40N4O6S/c1-6-15(4)21(25(34)35)29-23(32)19(13-16-7-9-17(30)10-8-16)27-24(33)20(14(2)3)28-22(31)18(26)11-12-36-5/h7-10,14-15,18-21,30H,6,11-13,26H2,1-5H3,(H,27,33)(H,28,31)(H,29,32)(H,34,35). The quantitative estimate of drug-likeness (QED) is 0.199. The lowest BCUT2D eigenvalue weighted by Crippen LogP contribution is -2.59. The molecule has 0 heterocycles. The van der Waals surface area contributed by atoms with Gasteiger partial charge in [0.15, 0.2) is 0 Å². The van der Waals surface area contributed by atoms with E-state index in [0.717, 1.165) is 0 Å². The first kappa shape index (κ1) is 31.2. The van der Waals surface area contributed by atoms with E-state index in [4.69, 9.17) is 5.73 Å². The molecule has 0 saturated carbocycles. The second-order valence-corrected chi connectivity index (χ2v) is 10.2. The van der Waals surface area contributed by atoms with E-state index in [1.807, 2.05) is 13.2 Å². The smallest absolute Gasteiger partial charge is 0.326 e. The Hall–Kier alpha value is -2.79. The van der Waals surface area contributed by atoms with Crippen molar-refractivity contribution in [3.05, 3.63) is 29.8 Å². The van der Waals surface area contributed by atoms with Crippen molar-refractivity contribution in [2.75, 3.05) is 12.0 Å². The Morgan fingerprint density at radius 3 is 2.03 bits per heavy atom. The first-order valence-corrected chi connectivity index (χ1v) is 13.5. The minimum atomic E-state index is -1.17. The molecule has 11 heteroatoms. The Kier molecular flexibility index (Phi) is 13.3. The number of nitrogens with one attached hydrogen (secondary N) is 3. The SMILES string of the molecule is CCC(C)C(NC(=O)C(Cc1ccc(O)cc1)NC(=O)C(NC(=O)C(N)CCSC)C(C)C)C(=O)O. The van der Waals surface area contributed by atoms with Gasteiger partial charge in [-0.25, -0.2) is 4.79 Å². The fourth-order valence-electron chi connectivity index (χ4n) is 3.45. The van der Waals surface area contributed by atoms with Gasteiger partial charge in [0.25, 0.3) is 0 Å². The molecule has 5 atom stereocenters. The van der Waals surface area contributed by atoms with Crippen LogP contribution >= 0.6 is 11.8 Å². The zero-order chi connectivity index (χ0) is 27.4. The largest absolute Gasteiger partial charge is 0.508 e. The van der Waals surface area contributed by atoms with Crippen molar-refractivity contribution in [3.8, 4) is 5.75 Å². The topological polar surface area (TPSA) is 171 Å². The Morgan fingerprint density at radius 2 is 1.53 bits per heavy atom. The van der Waals surface area contributed by atoms with Crippen molar-refractivity contribution in [2.45, 2.75) is 71.1 Å². The van der Waals surface area contributed by atoms with Crippen LogP contribution in [-0.2, 0) is 25.6 Å². The molecule has 5 unspecified atom stereocenters. The van der Waals surface area contributed by atoms with Gasteiger partial charge in [-0.1, -0.05) is 46.2 Å².